The maximum Gasteiger partial charge on any atom is 0.311 e. The molecule has 5 heteroatoms. The van der Waals surface area contributed by atoms with Gasteiger partial charge in [0.05, 0.1) is 5.56 Å². The van der Waals surface area contributed by atoms with Gasteiger partial charge in [-0.3, -0.25) is 9.59 Å². The van der Waals surface area contributed by atoms with Gasteiger partial charge in [-0.1, -0.05) is 26.7 Å². The Hall–Kier alpha value is -2.14. The molecule has 1 N–H and O–H groups in total. The minimum Gasteiger partial charge on any atom is -0.427 e. The third-order valence-corrected chi connectivity index (χ3v) is 4.11. The Labute approximate surface area is 140 Å². The first-order chi connectivity index (χ1) is 11.1. The van der Waals surface area contributed by atoms with Gasteiger partial charge in [-0.25, -0.2) is 0 Å². The smallest absolute Gasteiger partial charge is 0.311 e. The average Bonchev–Trinajstić information content (AvgIpc) is 3.03. The second-order valence-corrected chi connectivity index (χ2v) is 6.34. The Bertz CT molecular complexity index is 635. The lowest BCUT2D eigenvalue weighted by Gasteiger charge is -2.10. The van der Waals surface area contributed by atoms with Gasteiger partial charge in [0.15, 0.2) is 0 Å². The first kappa shape index (κ1) is 17.2. The highest BCUT2D eigenvalue weighted by atomic mass is 32.1. The van der Waals surface area contributed by atoms with Crippen LogP contribution in [0.3, 0.4) is 0 Å². The molecular weight excluding hydrogens is 310 g/mol. The van der Waals surface area contributed by atoms with Crippen molar-refractivity contribution in [3.05, 3.63) is 46.7 Å². The summed E-state index contributed by atoms with van der Waals surface area (Å²) < 4.78 is 5.31. The van der Waals surface area contributed by atoms with E-state index in [2.05, 4.69) is 12.2 Å². The van der Waals surface area contributed by atoms with Crippen molar-refractivity contribution in [2.75, 3.05) is 5.32 Å². The Morgan fingerprint density at radius 2 is 1.96 bits per heavy atom. The second kappa shape index (κ2) is 8.48. The largest absolute Gasteiger partial charge is 0.427 e. The van der Waals surface area contributed by atoms with E-state index in [1.807, 2.05) is 12.3 Å². The lowest BCUT2D eigenvalue weighted by molar-refractivity contribution is -0.135. The standard InChI is InChI=1S/C18H21NO3S/c1-3-4-13(2)11-17(20)22-16-7-5-15(6-8-16)19-18(21)14-9-10-23-12-14/h5-10,12-13H,3-4,11H2,1-2H3,(H,19,21). The van der Waals surface area contributed by atoms with Gasteiger partial charge >= 0.3 is 5.97 Å². The van der Waals surface area contributed by atoms with E-state index in [0.29, 0.717) is 29.3 Å². The summed E-state index contributed by atoms with van der Waals surface area (Å²) in [5.74, 6) is 0.453. The van der Waals surface area contributed by atoms with Crippen LogP contribution in [0.4, 0.5) is 5.69 Å². The quantitative estimate of drug-likeness (QED) is 0.589. The molecule has 0 saturated heterocycles. The molecule has 1 unspecified atom stereocenters. The van der Waals surface area contributed by atoms with Crippen LogP contribution >= 0.6 is 11.3 Å². The van der Waals surface area contributed by atoms with Crippen molar-refractivity contribution in [1.29, 1.82) is 0 Å². The average molecular weight is 331 g/mol. The zero-order valence-electron chi connectivity index (χ0n) is 13.4. The minimum atomic E-state index is -0.221. The summed E-state index contributed by atoms with van der Waals surface area (Å²) in [7, 11) is 0. The molecule has 23 heavy (non-hydrogen) atoms. The highest BCUT2D eigenvalue weighted by molar-refractivity contribution is 7.08. The van der Waals surface area contributed by atoms with Crippen molar-refractivity contribution < 1.29 is 14.3 Å². The molecule has 1 aromatic carbocycles. The van der Waals surface area contributed by atoms with E-state index in [1.54, 1.807) is 35.7 Å². The number of benzene rings is 1. The van der Waals surface area contributed by atoms with Gasteiger partial charge in [0.2, 0.25) is 0 Å². The van der Waals surface area contributed by atoms with Crippen LogP contribution in [-0.4, -0.2) is 11.9 Å². The Morgan fingerprint density at radius 3 is 2.57 bits per heavy atom. The molecule has 0 aliphatic carbocycles. The van der Waals surface area contributed by atoms with E-state index < -0.39 is 0 Å². The topological polar surface area (TPSA) is 55.4 Å². The SMILES string of the molecule is CCCC(C)CC(=O)Oc1ccc(NC(=O)c2ccsc2)cc1. The van der Waals surface area contributed by atoms with E-state index in [1.165, 1.54) is 11.3 Å². The normalized spacial score (nSPS) is 11.7. The summed E-state index contributed by atoms with van der Waals surface area (Å²) in [6.07, 6.45) is 2.50. The predicted molar refractivity (Wildman–Crippen MR) is 93.0 cm³/mol. The van der Waals surface area contributed by atoms with E-state index in [9.17, 15) is 9.59 Å². The molecule has 2 aromatic rings. The van der Waals surface area contributed by atoms with Crippen LogP contribution in [0.2, 0.25) is 0 Å². The number of amides is 1. The number of thiophene rings is 1. The molecule has 0 spiro atoms. The second-order valence-electron chi connectivity index (χ2n) is 5.56. The zero-order valence-corrected chi connectivity index (χ0v) is 14.2. The van der Waals surface area contributed by atoms with E-state index >= 15 is 0 Å². The van der Waals surface area contributed by atoms with Gasteiger partial charge in [0, 0.05) is 17.5 Å². The number of anilines is 1. The molecule has 4 nitrogen and oxygen atoms in total. The minimum absolute atomic E-state index is 0.149. The maximum atomic E-state index is 11.9. The highest BCUT2D eigenvalue weighted by Gasteiger charge is 2.11. The molecule has 0 bridgehead atoms. The van der Waals surface area contributed by atoms with Crippen LogP contribution in [0, 0.1) is 5.92 Å². The van der Waals surface area contributed by atoms with Crippen molar-refractivity contribution in [2.45, 2.75) is 33.1 Å². The zero-order chi connectivity index (χ0) is 16.7. The number of carbonyl (C=O) groups is 2. The van der Waals surface area contributed by atoms with Gasteiger partial charge in [-0.2, -0.15) is 11.3 Å². The van der Waals surface area contributed by atoms with Crippen molar-refractivity contribution in [3.63, 3.8) is 0 Å². The van der Waals surface area contributed by atoms with Crippen LogP contribution in [0.15, 0.2) is 41.1 Å². The van der Waals surface area contributed by atoms with Crippen LogP contribution in [0.25, 0.3) is 0 Å². The molecule has 122 valence electrons. The molecule has 0 radical (unpaired) electrons. The van der Waals surface area contributed by atoms with Crippen molar-refractivity contribution in [1.82, 2.24) is 0 Å². The molecule has 1 amide bonds. The Morgan fingerprint density at radius 1 is 1.22 bits per heavy atom. The molecule has 0 saturated carbocycles. The Balaban J connectivity index is 1.87. The molecule has 0 aliphatic heterocycles. The molecular formula is C18H21NO3S. The lowest BCUT2D eigenvalue weighted by Crippen LogP contribution is -2.13. The first-order valence-electron chi connectivity index (χ1n) is 7.72. The van der Waals surface area contributed by atoms with Crippen molar-refractivity contribution >= 4 is 28.9 Å². The van der Waals surface area contributed by atoms with Crippen molar-refractivity contribution in [2.24, 2.45) is 5.92 Å². The summed E-state index contributed by atoms with van der Waals surface area (Å²) in [6, 6.07) is 8.59. The number of esters is 1. The maximum absolute atomic E-state index is 11.9. The summed E-state index contributed by atoms with van der Waals surface area (Å²) >= 11 is 1.48. The van der Waals surface area contributed by atoms with Crippen LogP contribution in [-0.2, 0) is 4.79 Å². The van der Waals surface area contributed by atoms with Gasteiger partial charge in [-0.05, 0) is 41.6 Å². The van der Waals surface area contributed by atoms with E-state index in [0.717, 1.165) is 12.8 Å². The first-order valence-corrected chi connectivity index (χ1v) is 8.67. The summed E-state index contributed by atoms with van der Waals surface area (Å²) in [4.78, 5) is 23.8. The van der Waals surface area contributed by atoms with Crippen molar-refractivity contribution in [3.8, 4) is 5.75 Å². The number of ether oxygens (including phenoxy) is 1. The molecule has 0 aliphatic rings. The summed E-state index contributed by atoms with van der Waals surface area (Å²) in [5.41, 5.74) is 1.30. The number of hydrogen-bond acceptors (Lipinski definition) is 4. The molecule has 1 heterocycles. The molecule has 1 atom stereocenters. The number of carbonyl (C=O) groups excluding carboxylic acids is 2. The van der Waals surface area contributed by atoms with Gasteiger partial charge in [0.1, 0.15) is 5.75 Å². The molecule has 2 rings (SSSR count). The van der Waals surface area contributed by atoms with Gasteiger partial charge in [0.25, 0.3) is 5.91 Å². The fourth-order valence-electron chi connectivity index (χ4n) is 2.26. The number of nitrogens with one attached hydrogen (secondary N) is 1. The fourth-order valence-corrected chi connectivity index (χ4v) is 2.89. The van der Waals surface area contributed by atoms with Crippen LogP contribution in [0.1, 0.15) is 43.5 Å². The van der Waals surface area contributed by atoms with E-state index in [4.69, 9.17) is 4.74 Å². The highest BCUT2D eigenvalue weighted by Crippen LogP contribution is 2.19. The van der Waals surface area contributed by atoms with Crippen LogP contribution in [0.5, 0.6) is 5.75 Å². The van der Waals surface area contributed by atoms with Gasteiger partial charge in [-0.15, -0.1) is 0 Å². The third-order valence-electron chi connectivity index (χ3n) is 3.42. The Kier molecular flexibility index (Phi) is 6.35. The molecule has 0 fully saturated rings. The number of rotatable bonds is 7. The summed E-state index contributed by atoms with van der Waals surface area (Å²) in [6.45, 7) is 4.15. The summed E-state index contributed by atoms with van der Waals surface area (Å²) in [5, 5.41) is 6.45. The third kappa shape index (κ3) is 5.53. The predicted octanol–water partition coefficient (Wildman–Crippen LogP) is 4.73. The van der Waals surface area contributed by atoms with Gasteiger partial charge < -0.3 is 10.1 Å². The van der Waals surface area contributed by atoms with E-state index in [-0.39, 0.29) is 11.9 Å². The lowest BCUT2D eigenvalue weighted by atomic mass is 10.0. The molecule has 1 aromatic heterocycles. The number of hydrogen-bond donors (Lipinski definition) is 1. The fraction of sp³-hybridized carbons (Fsp3) is 0.333. The monoisotopic (exact) mass is 331 g/mol. The van der Waals surface area contributed by atoms with Crippen LogP contribution < -0.4 is 10.1 Å².